The van der Waals surface area contributed by atoms with Crippen LogP contribution in [0.25, 0.3) is 0 Å². The molecule has 1 aliphatic heterocycles. The van der Waals surface area contributed by atoms with Crippen LogP contribution in [0.5, 0.6) is 17.2 Å². The summed E-state index contributed by atoms with van der Waals surface area (Å²) in [6.45, 7) is 4.78. The first kappa shape index (κ1) is 14.4. The van der Waals surface area contributed by atoms with Gasteiger partial charge in [-0.25, -0.2) is 0 Å². The predicted molar refractivity (Wildman–Crippen MR) is 83.0 cm³/mol. The smallest absolute Gasteiger partial charge is 0.170 e. The van der Waals surface area contributed by atoms with Gasteiger partial charge in [0.05, 0.1) is 5.56 Å². The van der Waals surface area contributed by atoms with Gasteiger partial charge in [-0.2, -0.15) is 0 Å². The average molecular weight is 298 g/mol. The van der Waals surface area contributed by atoms with Crippen molar-refractivity contribution in [2.45, 2.75) is 20.3 Å². The number of hydrogen-bond donors (Lipinski definition) is 1. The van der Waals surface area contributed by atoms with Crippen LogP contribution >= 0.6 is 0 Å². The third-order valence-electron chi connectivity index (χ3n) is 3.97. The molecule has 0 aromatic heterocycles. The van der Waals surface area contributed by atoms with E-state index in [1.807, 2.05) is 38.1 Å². The van der Waals surface area contributed by atoms with Gasteiger partial charge in [-0.15, -0.1) is 0 Å². The molecule has 4 nitrogen and oxygen atoms in total. The van der Waals surface area contributed by atoms with Crippen molar-refractivity contribution in [3.05, 3.63) is 52.6 Å². The zero-order valence-corrected chi connectivity index (χ0v) is 12.7. The van der Waals surface area contributed by atoms with E-state index in [1.165, 1.54) is 0 Å². The molecular formula is C18H18O4. The normalized spacial score (nSPS) is 13.0. The molecule has 1 aliphatic rings. The lowest BCUT2D eigenvalue weighted by molar-refractivity contribution is 0.0990. The molecule has 0 bridgehead atoms. The third-order valence-corrected chi connectivity index (χ3v) is 3.97. The number of Topliss-reactive ketones (excluding diaryl/α,β-unsaturated/α-hetero) is 1. The molecule has 4 heteroatoms. The van der Waals surface area contributed by atoms with Crippen LogP contribution in [-0.2, 0) is 6.42 Å². The van der Waals surface area contributed by atoms with Crippen molar-refractivity contribution in [2.75, 3.05) is 13.2 Å². The molecule has 1 N–H and O–H groups in total. The molecule has 2 aromatic carbocycles. The number of aromatic hydroxyl groups is 1. The molecule has 0 amide bonds. The van der Waals surface area contributed by atoms with E-state index in [0.29, 0.717) is 30.3 Å². The van der Waals surface area contributed by atoms with E-state index in [0.717, 1.165) is 16.7 Å². The van der Waals surface area contributed by atoms with E-state index in [-0.39, 0.29) is 18.0 Å². The Kier molecular flexibility index (Phi) is 3.75. The van der Waals surface area contributed by atoms with Crippen molar-refractivity contribution >= 4 is 5.78 Å². The van der Waals surface area contributed by atoms with Gasteiger partial charge in [0.25, 0.3) is 0 Å². The van der Waals surface area contributed by atoms with Crippen molar-refractivity contribution in [3.63, 3.8) is 0 Å². The summed E-state index contributed by atoms with van der Waals surface area (Å²) in [6, 6.07) is 9.02. The van der Waals surface area contributed by atoms with Crippen molar-refractivity contribution in [2.24, 2.45) is 0 Å². The zero-order valence-electron chi connectivity index (χ0n) is 12.7. The van der Waals surface area contributed by atoms with Crippen LogP contribution in [0.2, 0.25) is 0 Å². The van der Waals surface area contributed by atoms with Crippen LogP contribution in [-0.4, -0.2) is 24.1 Å². The van der Waals surface area contributed by atoms with Crippen molar-refractivity contribution in [3.8, 4) is 17.2 Å². The number of fused-ring (bicyclic) bond motifs is 1. The molecule has 0 fully saturated rings. The van der Waals surface area contributed by atoms with Gasteiger partial charge in [-0.1, -0.05) is 12.1 Å². The predicted octanol–water partition coefficient (Wildman–Crippen LogP) is 3.21. The van der Waals surface area contributed by atoms with Gasteiger partial charge in [0.15, 0.2) is 17.3 Å². The minimum atomic E-state index is -0.114. The Morgan fingerprint density at radius 1 is 1.09 bits per heavy atom. The minimum Gasteiger partial charge on any atom is -0.507 e. The molecule has 2 aromatic rings. The lowest BCUT2D eigenvalue weighted by Gasteiger charge is -2.18. The zero-order chi connectivity index (χ0) is 15.7. The quantitative estimate of drug-likeness (QED) is 0.884. The number of benzene rings is 2. The second kappa shape index (κ2) is 5.72. The van der Waals surface area contributed by atoms with Gasteiger partial charge >= 0.3 is 0 Å². The first-order valence-electron chi connectivity index (χ1n) is 7.27. The summed E-state index contributed by atoms with van der Waals surface area (Å²) in [6.07, 6.45) is 0.215. The number of rotatable bonds is 3. The maximum atomic E-state index is 12.4. The van der Waals surface area contributed by atoms with Crippen LogP contribution in [0.1, 0.15) is 27.0 Å². The largest absolute Gasteiger partial charge is 0.507 e. The number of phenolic OH excluding ortho intramolecular Hbond substituents is 1. The highest BCUT2D eigenvalue weighted by Crippen LogP contribution is 2.32. The number of aryl methyl sites for hydroxylation is 1. The highest BCUT2D eigenvalue weighted by molar-refractivity contribution is 6.00. The van der Waals surface area contributed by atoms with Crippen LogP contribution < -0.4 is 9.47 Å². The van der Waals surface area contributed by atoms with Crippen molar-refractivity contribution < 1.29 is 19.4 Å². The highest BCUT2D eigenvalue weighted by Gasteiger charge is 2.17. The summed E-state index contributed by atoms with van der Waals surface area (Å²) in [7, 11) is 0. The van der Waals surface area contributed by atoms with Gasteiger partial charge in [0.1, 0.15) is 19.0 Å². The molecular weight excluding hydrogens is 280 g/mol. The van der Waals surface area contributed by atoms with Gasteiger partial charge in [-0.05, 0) is 48.7 Å². The Morgan fingerprint density at radius 2 is 1.82 bits per heavy atom. The minimum absolute atomic E-state index is 0.0718. The number of carbonyl (C=O) groups excluding carboxylic acids is 1. The van der Waals surface area contributed by atoms with Crippen LogP contribution in [0, 0.1) is 13.8 Å². The van der Waals surface area contributed by atoms with E-state index < -0.39 is 0 Å². The van der Waals surface area contributed by atoms with Gasteiger partial charge in [0, 0.05) is 6.42 Å². The molecule has 3 rings (SSSR count). The summed E-state index contributed by atoms with van der Waals surface area (Å²) in [5, 5.41) is 10.2. The molecule has 0 aliphatic carbocycles. The molecule has 22 heavy (non-hydrogen) atoms. The molecule has 1 heterocycles. The van der Waals surface area contributed by atoms with Crippen LogP contribution in [0.3, 0.4) is 0 Å². The second-order valence-corrected chi connectivity index (χ2v) is 5.48. The molecule has 0 saturated carbocycles. The van der Waals surface area contributed by atoms with E-state index in [4.69, 9.17) is 9.47 Å². The number of ketones is 1. The van der Waals surface area contributed by atoms with E-state index in [1.54, 1.807) is 6.07 Å². The van der Waals surface area contributed by atoms with Crippen LogP contribution in [0.15, 0.2) is 30.3 Å². The van der Waals surface area contributed by atoms with Crippen molar-refractivity contribution in [1.29, 1.82) is 0 Å². The Morgan fingerprint density at radius 3 is 2.59 bits per heavy atom. The fourth-order valence-electron chi connectivity index (χ4n) is 2.50. The molecule has 0 saturated heterocycles. The third kappa shape index (κ3) is 2.64. The monoisotopic (exact) mass is 298 g/mol. The standard InChI is InChI=1S/C18H18O4/c1-11-3-5-14(18(20)12(11)2)15(19)9-13-4-6-16-17(10-13)22-8-7-21-16/h3-6,10,20H,7-9H2,1-2H3. The Labute approximate surface area is 129 Å². The van der Waals surface area contributed by atoms with E-state index in [9.17, 15) is 9.90 Å². The maximum absolute atomic E-state index is 12.4. The lowest BCUT2D eigenvalue weighted by Crippen LogP contribution is -2.15. The first-order chi connectivity index (χ1) is 10.6. The number of phenols is 1. The molecule has 0 atom stereocenters. The summed E-state index contributed by atoms with van der Waals surface area (Å²) in [5.74, 6) is 1.33. The fourth-order valence-corrected chi connectivity index (χ4v) is 2.50. The average Bonchev–Trinajstić information content (AvgIpc) is 2.52. The summed E-state index contributed by atoms with van der Waals surface area (Å²) in [4.78, 5) is 12.4. The summed E-state index contributed by atoms with van der Waals surface area (Å²) >= 11 is 0. The number of carbonyl (C=O) groups is 1. The Bertz CT molecular complexity index is 734. The van der Waals surface area contributed by atoms with E-state index in [2.05, 4.69) is 0 Å². The maximum Gasteiger partial charge on any atom is 0.170 e. The molecule has 114 valence electrons. The topological polar surface area (TPSA) is 55.8 Å². The Hall–Kier alpha value is -2.49. The molecule has 0 spiro atoms. The fraction of sp³-hybridized carbons (Fsp3) is 0.278. The second-order valence-electron chi connectivity index (χ2n) is 5.48. The van der Waals surface area contributed by atoms with Crippen LogP contribution in [0.4, 0.5) is 0 Å². The van der Waals surface area contributed by atoms with Gasteiger partial charge in [-0.3, -0.25) is 4.79 Å². The first-order valence-corrected chi connectivity index (χ1v) is 7.27. The SMILES string of the molecule is Cc1ccc(C(=O)Cc2ccc3c(c2)OCCO3)c(O)c1C. The molecule has 0 unspecified atom stereocenters. The van der Waals surface area contributed by atoms with Gasteiger partial charge in [0.2, 0.25) is 0 Å². The number of hydrogen-bond acceptors (Lipinski definition) is 4. The lowest BCUT2D eigenvalue weighted by atomic mass is 9.97. The van der Waals surface area contributed by atoms with Gasteiger partial charge < -0.3 is 14.6 Å². The van der Waals surface area contributed by atoms with Crippen molar-refractivity contribution in [1.82, 2.24) is 0 Å². The number of ether oxygens (including phenoxy) is 2. The van der Waals surface area contributed by atoms with E-state index >= 15 is 0 Å². The summed E-state index contributed by atoms with van der Waals surface area (Å²) in [5.41, 5.74) is 2.91. The molecule has 0 radical (unpaired) electrons. The Balaban J connectivity index is 1.84. The summed E-state index contributed by atoms with van der Waals surface area (Å²) < 4.78 is 11.0. The highest BCUT2D eigenvalue weighted by atomic mass is 16.6.